The smallest absolute Gasteiger partial charge is 0.320 e. The van der Waals surface area contributed by atoms with E-state index in [-0.39, 0.29) is 5.92 Å². The number of rotatable bonds is 17. The van der Waals surface area contributed by atoms with Gasteiger partial charge in [-0.3, -0.25) is 9.59 Å². The summed E-state index contributed by atoms with van der Waals surface area (Å²) in [4.78, 5) is 22.1. The van der Waals surface area contributed by atoms with E-state index in [0.717, 1.165) is 57.8 Å². The Labute approximate surface area is 171 Å². The molecule has 0 aromatic carbocycles. The molecule has 0 aliphatic carbocycles. The highest BCUT2D eigenvalue weighted by Gasteiger charge is 2.23. The Morgan fingerprint density at radius 3 is 1.64 bits per heavy atom. The first kappa shape index (κ1) is 26.9. The highest BCUT2D eigenvalue weighted by Crippen LogP contribution is 2.24. The second-order valence-corrected chi connectivity index (χ2v) is 9.20. The van der Waals surface area contributed by atoms with Gasteiger partial charge < -0.3 is 21.7 Å². The molecule has 0 bridgehead atoms. The number of carboxylic acids is 2. The minimum absolute atomic E-state index is 0.0565. The first-order valence-electron chi connectivity index (χ1n) is 11.0. The Morgan fingerprint density at radius 1 is 0.714 bits per heavy atom. The van der Waals surface area contributed by atoms with E-state index in [9.17, 15) is 14.7 Å². The van der Waals surface area contributed by atoms with Crippen LogP contribution in [0.15, 0.2) is 0 Å². The van der Waals surface area contributed by atoms with Crippen LogP contribution >= 0.6 is 0 Å². The molecule has 6 heteroatoms. The van der Waals surface area contributed by atoms with Crippen LogP contribution in [0.4, 0.5) is 0 Å². The number of carboxylic acid groups (broad SMARTS) is 2. The van der Waals surface area contributed by atoms with Gasteiger partial charge in [-0.2, -0.15) is 0 Å². The average molecular weight is 401 g/mol. The molecule has 0 heterocycles. The van der Waals surface area contributed by atoms with Crippen LogP contribution in [-0.2, 0) is 9.59 Å². The molecule has 28 heavy (non-hydrogen) atoms. The largest absolute Gasteiger partial charge is 0.480 e. The fraction of sp³-hybridized carbons (Fsp3) is 0.909. The van der Waals surface area contributed by atoms with Crippen molar-refractivity contribution in [2.75, 3.05) is 0 Å². The Morgan fingerprint density at radius 2 is 1.18 bits per heavy atom. The molecule has 166 valence electrons. The van der Waals surface area contributed by atoms with Crippen molar-refractivity contribution in [3.63, 3.8) is 0 Å². The molecule has 0 saturated carbocycles. The van der Waals surface area contributed by atoms with Gasteiger partial charge in [-0.25, -0.2) is 0 Å². The van der Waals surface area contributed by atoms with Gasteiger partial charge in [0.05, 0.1) is 0 Å². The number of nitrogens with two attached hydrogens (primary N) is 2. The Bertz CT molecular complexity index is 442. The normalized spacial score (nSPS) is 17.1. The van der Waals surface area contributed by atoms with Crippen LogP contribution in [0.1, 0.15) is 91.9 Å². The standard InChI is InChI=1S/C22H44N2O4/c1-15(2)8-5-12-18(20(24)22(27)28)13-7-10-16(3)9-6-11-17(4)14-19(23)21(25)26/h15-20H,5-14,23-24H2,1-4H3,(H,25,26)(H,27,28). The third-order valence-corrected chi connectivity index (χ3v) is 5.79. The van der Waals surface area contributed by atoms with E-state index in [2.05, 4.69) is 27.7 Å². The molecule has 0 fully saturated rings. The number of hydrogen-bond donors (Lipinski definition) is 4. The number of hydrogen-bond acceptors (Lipinski definition) is 4. The zero-order valence-corrected chi connectivity index (χ0v) is 18.4. The van der Waals surface area contributed by atoms with Crippen molar-refractivity contribution >= 4 is 11.9 Å². The molecule has 0 aromatic heterocycles. The second kappa shape index (κ2) is 14.8. The van der Waals surface area contributed by atoms with E-state index in [0.29, 0.717) is 24.2 Å². The third kappa shape index (κ3) is 13.1. The molecule has 6 nitrogen and oxygen atoms in total. The summed E-state index contributed by atoms with van der Waals surface area (Å²) < 4.78 is 0. The fourth-order valence-electron chi connectivity index (χ4n) is 3.83. The fourth-order valence-corrected chi connectivity index (χ4v) is 3.83. The van der Waals surface area contributed by atoms with Crippen molar-refractivity contribution in [1.29, 1.82) is 0 Å². The molecular weight excluding hydrogens is 356 g/mol. The van der Waals surface area contributed by atoms with Gasteiger partial charge in [0.15, 0.2) is 0 Å². The summed E-state index contributed by atoms with van der Waals surface area (Å²) in [7, 11) is 0. The van der Waals surface area contributed by atoms with Crippen molar-refractivity contribution in [2.45, 2.75) is 104 Å². The molecule has 5 atom stereocenters. The van der Waals surface area contributed by atoms with E-state index < -0.39 is 24.0 Å². The summed E-state index contributed by atoms with van der Waals surface area (Å²) >= 11 is 0. The minimum Gasteiger partial charge on any atom is -0.480 e. The lowest BCUT2D eigenvalue weighted by Gasteiger charge is -2.22. The predicted octanol–water partition coefficient (Wildman–Crippen LogP) is 4.26. The Kier molecular flexibility index (Phi) is 14.2. The van der Waals surface area contributed by atoms with Crippen molar-refractivity contribution in [3.05, 3.63) is 0 Å². The van der Waals surface area contributed by atoms with E-state index in [1.54, 1.807) is 0 Å². The van der Waals surface area contributed by atoms with Gasteiger partial charge in [-0.15, -0.1) is 0 Å². The van der Waals surface area contributed by atoms with Gasteiger partial charge in [0.1, 0.15) is 12.1 Å². The van der Waals surface area contributed by atoms with Gasteiger partial charge in [0, 0.05) is 0 Å². The lowest BCUT2D eigenvalue weighted by atomic mass is 9.86. The maximum absolute atomic E-state index is 11.3. The first-order chi connectivity index (χ1) is 13.0. The first-order valence-corrected chi connectivity index (χ1v) is 11.0. The SMILES string of the molecule is CC(C)CCCC(CCCC(C)CCCC(C)CC(N)C(=O)O)C(N)C(=O)O. The molecule has 0 aliphatic rings. The molecule has 0 rings (SSSR count). The lowest BCUT2D eigenvalue weighted by molar-refractivity contribution is -0.140. The molecule has 0 aromatic rings. The van der Waals surface area contributed by atoms with Crippen LogP contribution in [0, 0.1) is 23.7 Å². The van der Waals surface area contributed by atoms with E-state index in [1.165, 1.54) is 0 Å². The van der Waals surface area contributed by atoms with Crippen LogP contribution in [0.5, 0.6) is 0 Å². The molecule has 0 radical (unpaired) electrons. The molecule has 0 amide bonds. The summed E-state index contributed by atoms with van der Waals surface area (Å²) in [6, 6.07) is -1.53. The highest BCUT2D eigenvalue weighted by molar-refractivity contribution is 5.73. The quantitative estimate of drug-likeness (QED) is 0.289. The number of carbonyl (C=O) groups is 2. The van der Waals surface area contributed by atoms with Crippen molar-refractivity contribution in [3.8, 4) is 0 Å². The van der Waals surface area contributed by atoms with Gasteiger partial charge in [-0.05, 0) is 42.9 Å². The van der Waals surface area contributed by atoms with Crippen LogP contribution in [0.3, 0.4) is 0 Å². The summed E-state index contributed by atoms with van der Waals surface area (Å²) in [6.07, 6.45) is 9.70. The van der Waals surface area contributed by atoms with Crippen molar-refractivity contribution < 1.29 is 19.8 Å². The minimum atomic E-state index is -0.928. The van der Waals surface area contributed by atoms with E-state index in [4.69, 9.17) is 16.6 Å². The maximum atomic E-state index is 11.3. The number of aliphatic carboxylic acids is 2. The van der Waals surface area contributed by atoms with Gasteiger partial charge in [-0.1, -0.05) is 72.6 Å². The summed E-state index contributed by atoms with van der Waals surface area (Å²) in [5, 5.41) is 18.1. The van der Waals surface area contributed by atoms with Crippen LogP contribution in [0.25, 0.3) is 0 Å². The lowest BCUT2D eigenvalue weighted by Crippen LogP contribution is -2.38. The summed E-state index contributed by atoms with van der Waals surface area (Å²) in [6.45, 7) is 8.66. The Hall–Kier alpha value is -1.14. The van der Waals surface area contributed by atoms with E-state index >= 15 is 0 Å². The van der Waals surface area contributed by atoms with Crippen molar-refractivity contribution in [1.82, 2.24) is 0 Å². The predicted molar refractivity (Wildman–Crippen MR) is 114 cm³/mol. The Balaban J connectivity index is 4.13. The highest BCUT2D eigenvalue weighted by atomic mass is 16.4. The van der Waals surface area contributed by atoms with Crippen LogP contribution in [0.2, 0.25) is 0 Å². The van der Waals surface area contributed by atoms with Crippen LogP contribution < -0.4 is 11.5 Å². The molecular formula is C22H44N2O4. The molecule has 6 N–H and O–H groups in total. The molecule has 0 saturated heterocycles. The van der Waals surface area contributed by atoms with Gasteiger partial charge in [0.25, 0.3) is 0 Å². The molecule has 0 spiro atoms. The van der Waals surface area contributed by atoms with Crippen LogP contribution in [-0.4, -0.2) is 34.2 Å². The van der Waals surface area contributed by atoms with Gasteiger partial charge in [0.2, 0.25) is 0 Å². The third-order valence-electron chi connectivity index (χ3n) is 5.79. The second-order valence-electron chi connectivity index (χ2n) is 9.20. The monoisotopic (exact) mass is 400 g/mol. The zero-order valence-electron chi connectivity index (χ0n) is 18.4. The van der Waals surface area contributed by atoms with Crippen molar-refractivity contribution in [2.24, 2.45) is 35.1 Å². The molecule has 5 unspecified atom stereocenters. The summed E-state index contributed by atoms with van der Waals surface area (Å²) in [5.41, 5.74) is 11.5. The topological polar surface area (TPSA) is 127 Å². The zero-order chi connectivity index (χ0) is 21.7. The van der Waals surface area contributed by atoms with E-state index in [1.807, 2.05) is 0 Å². The van der Waals surface area contributed by atoms with Gasteiger partial charge >= 0.3 is 11.9 Å². The summed E-state index contributed by atoms with van der Waals surface area (Å²) in [5.74, 6) is -0.232. The maximum Gasteiger partial charge on any atom is 0.320 e. The molecule has 0 aliphatic heterocycles. The average Bonchev–Trinajstić information content (AvgIpc) is 2.59.